The van der Waals surface area contributed by atoms with E-state index < -0.39 is 0 Å². The zero-order valence-electron chi connectivity index (χ0n) is 15.5. The molecule has 1 atom stereocenters. The first-order chi connectivity index (χ1) is 12.1. The third-order valence-corrected chi connectivity index (χ3v) is 5.57. The highest BCUT2D eigenvalue weighted by Crippen LogP contribution is 2.43. The van der Waals surface area contributed by atoms with Gasteiger partial charge in [-0.1, -0.05) is 0 Å². The molecule has 2 saturated heterocycles. The fourth-order valence-electron chi connectivity index (χ4n) is 4.21. The number of ether oxygens (including phenoxy) is 2. The lowest BCUT2D eigenvalue weighted by molar-refractivity contribution is 0.0570. The van der Waals surface area contributed by atoms with Gasteiger partial charge in [0.25, 0.3) is 5.91 Å². The van der Waals surface area contributed by atoms with Crippen molar-refractivity contribution in [1.82, 2.24) is 24.6 Å². The molecule has 1 aromatic rings. The summed E-state index contributed by atoms with van der Waals surface area (Å²) < 4.78 is 12.2. The summed E-state index contributed by atoms with van der Waals surface area (Å²) in [5.41, 5.74) is 0.283. The quantitative estimate of drug-likeness (QED) is 0.739. The Hall–Kier alpha value is -1.51. The third-order valence-electron chi connectivity index (χ3n) is 5.57. The minimum Gasteiger partial charge on any atom is -0.383 e. The first kappa shape index (κ1) is 18.3. The molecule has 1 amide bonds. The number of hydrogen-bond donors (Lipinski definition) is 0. The minimum atomic E-state index is -0.0573. The van der Waals surface area contributed by atoms with Crippen molar-refractivity contribution in [3.63, 3.8) is 0 Å². The molecule has 1 aromatic heterocycles. The van der Waals surface area contributed by atoms with Crippen molar-refractivity contribution < 1.29 is 14.3 Å². The van der Waals surface area contributed by atoms with Gasteiger partial charge in [-0.05, 0) is 24.7 Å². The van der Waals surface area contributed by atoms with Crippen molar-refractivity contribution in [2.24, 2.45) is 12.5 Å². The van der Waals surface area contributed by atoms with Crippen LogP contribution in [0.1, 0.15) is 29.9 Å². The van der Waals surface area contributed by atoms with Crippen LogP contribution in [0.3, 0.4) is 0 Å². The van der Waals surface area contributed by atoms with Crippen molar-refractivity contribution >= 4 is 5.91 Å². The second-order valence-electron chi connectivity index (χ2n) is 7.31. The predicted molar refractivity (Wildman–Crippen MR) is 92.3 cm³/mol. The summed E-state index contributed by atoms with van der Waals surface area (Å²) in [6.45, 7) is 5.04. The highest BCUT2D eigenvalue weighted by Gasteiger charge is 2.45. The maximum absolute atomic E-state index is 12.5. The lowest BCUT2D eigenvalue weighted by Crippen LogP contribution is -2.44. The molecule has 8 nitrogen and oxygen atoms in total. The van der Waals surface area contributed by atoms with Crippen LogP contribution >= 0.6 is 0 Å². The van der Waals surface area contributed by atoms with E-state index in [9.17, 15) is 4.79 Å². The van der Waals surface area contributed by atoms with Crippen molar-refractivity contribution in [2.75, 3.05) is 53.6 Å². The zero-order valence-corrected chi connectivity index (χ0v) is 15.5. The first-order valence-corrected chi connectivity index (χ1v) is 8.94. The summed E-state index contributed by atoms with van der Waals surface area (Å²) in [5.74, 6) is 0.238. The topological polar surface area (TPSA) is 72.7 Å². The number of carbonyl (C=O) groups is 1. The maximum Gasteiger partial charge on any atom is 0.293 e. The molecular formula is C17H29N5O3. The molecule has 8 heteroatoms. The highest BCUT2D eigenvalue weighted by molar-refractivity contribution is 5.90. The largest absolute Gasteiger partial charge is 0.383 e. The Balaban J connectivity index is 1.59. The average Bonchev–Trinajstić information content (AvgIpc) is 3.18. The second-order valence-corrected chi connectivity index (χ2v) is 7.31. The maximum atomic E-state index is 12.5. The molecule has 0 aromatic carbocycles. The molecule has 2 aliphatic heterocycles. The summed E-state index contributed by atoms with van der Waals surface area (Å²) in [7, 11) is 5.28. The number of aryl methyl sites for hydroxylation is 1. The molecule has 0 N–H and O–H groups in total. The van der Waals surface area contributed by atoms with E-state index in [1.807, 2.05) is 4.90 Å². The molecule has 140 valence electrons. The van der Waals surface area contributed by atoms with Gasteiger partial charge >= 0.3 is 0 Å². The van der Waals surface area contributed by atoms with Gasteiger partial charge < -0.3 is 14.4 Å². The van der Waals surface area contributed by atoms with Gasteiger partial charge in [0.05, 0.1) is 13.2 Å². The molecular weight excluding hydrogens is 322 g/mol. The van der Waals surface area contributed by atoms with Gasteiger partial charge in [-0.2, -0.15) is 0 Å². The van der Waals surface area contributed by atoms with Crippen molar-refractivity contribution in [3.05, 3.63) is 12.2 Å². The van der Waals surface area contributed by atoms with Crippen LogP contribution in [0.4, 0.5) is 0 Å². The Morgan fingerprint density at radius 2 is 2.08 bits per heavy atom. The number of nitrogens with zero attached hydrogens (tertiary/aromatic N) is 5. The first-order valence-electron chi connectivity index (χ1n) is 8.94. The van der Waals surface area contributed by atoms with Crippen LogP contribution in [-0.2, 0) is 16.5 Å². The van der Waals surface area contributed by atoms with Crippen molar-refractivity contribution in [1.29, 1.82) is 0 Å². The monoisotopic (exact) mass is 351 g/mol. The van der Waals surface area contributed by atoms with Crippen LogP contribution in [-0.4, -0.2) is 90.1 Å². The molecule has 0 aliphatic carbocycles. The number of rotatable bonds is 6. The van der Waals surface area contributed by atoms with Gasteiger partial charge in [0.2, 0.25) is 5.82 Å². The fraction of sp³-hybridized carbons (Fsp3) is 0.824. The van der Waals surface area contributed by atoms with Gasteiger partial charge in [-0.25, -0.2) is 4.98 Å². The molecule has 3 rings (SSSR count). The van der Waals surface area contributed by atoms with E-state index >= 15 is 0 Å². The molecule has 2 aliphatic rings. The molecule has 1 unspecified atom stereocenters. The Labute approximate surface area is 149 Å². The van der Waals surface area contributed by atoms with Gasteiger partial charge in [0.1, 0.15) is 6.33 Å². The van der Waals surface area contributed by atoms with Crippen LogP contribution in [0.2, 0.25) is 0 Å². The second kappa shape index (κ2) is 7.80. The van der Waals surface area contributed by atoms with Crippen LogP contribution in [0, 0.1) is 5.41 Å². The molecule has 2 fully saturated rings. The Morgan fingerprint density at radius 1 is 1.32 bits per heavy atom. The van der Waals surface area contributed by atoms with Gasteiger partial charge in [-0.15, -0.1) is 5.10 Å². The molecule has 0 saturated carbocycles. The standard InChI is InChI=1S/C17H29N5O3/c1-20-13-18-15(19-20)16(23)21-6-4-17(5-7-21)10-14(11-25-3)22(12-17)8-9-24-2/h13-14H,4-12H2,1-3H3. The van der Waals surface area contributed by atoms with E-state index in [1.165, 1.54) is 0 Å². The number of carbonyl (C=O) groups excluding carboxylic acids is 1. The Bertz CT molecular complexity index is 583. The van der Waals surface area contributed by atoms with Crippen LogP contribution in [0.5, 0.6) is 0 Å². The Kier molecular flexibility index (Phi) is 5.71. The Morgan fingerprint density at radius 3 is 2.68 bits per heavy atom. The molecule has 3 heterocycles. The third kappa shape index (κ3) is 4.02. The van der Waals surface area contributed by atoms with E-state index in [0.717, 1.165) is 58.7 Å². The molecule has 0 bridgehead atoms. The minimum absolute atomic E-state index is 0.0573. The smallest absolute Gasteiger partial charge is 0.293 e. The normalized spacial score (nSPS) is 23.5. The summed E-state index contributed by atoms with van der Waals surface area (Å²) in [6, 6.07) is 0.444. The van der Waals surface area contributed by atoms with E-state index in [2.05, 4.69) is 15.0 Å². The molecule has 1 spiro atoms. The average molecular weight is 351 g/mol. The zero-order chi connectivity index (χ0) is 17.9. The van der Waals surface area contributed by atoms with Gasteiger partial charge in [0.15, 0.2) is 0 Å². The van der Waals surface area contributed by atoms with Crippen LogP contribution < -0.4 is 0 Å². The van der Waals surface area contributed by atoms with Crippen LogP contribution in [0.25, 0.3) is 0 Å². The molecule has 0 radical (unpaired) electrons. The number of amides is 1. The predicted octanol–water partition coefficient (Wildman–Crippen LogP) is 0.405. The van der Waals surface area contributed by atoms with E-state index in [4.69, 9.17) is 9.47 Å². The van der Waals surface area contributed by atoms with E-state index in [-0.39, 0.29) is 11.3 Å². The summed E-state index contributed by atoms with van der Waals surface area (Å²) in [5, 5.41) is 4.13. The summed E-state index contributed by atoms with van der Waals surface area (Å²) in [6.07, 6.45) is 4.75. The van der Waals surface area contributed by atoms with Crippen molar-refractivity contribution in [2.45, 2.75) is 25.3 Å². The number of hydrogen-bond acceptors (Lipinski definition) is 6. The number of methoxy groups -OCH3 is 2. The van der Waals surface area contributed by atoms with Crippen molar-refractivity contribution in [3.8, 4) is 0 Å². The highest BCUT2D eigenvalue weighted by atomic mass is 16.5. The molecule has 25 heavy (non-hydrogen) atoms. The lowest BCUT2D eigenvalue weighted by Gasteiger charge is -2.39. The fourth-order valence-corrected chi connectivity index (χ4v) is 4.21. The SMILES string of the molecule is COCCN1CC2(CCN(C(=O)c3ncn(C)n3)CC2)CC1COC. The number of piperidine rings is 1. The lowest BCUT2D eigenvalue weighted by atomic mass is 9.76. The van der Waals surface area contributed by atoms with E-state index in [0.29, 0.717) is 11.9 Å². The number of aromatic nitrogens is 3. The number of likely N-dealkylation sites (tertiary alicyclic amines) is 2. The van der Waals surface area contributed by atoms with Gasteiger partial charge in [0, 0.05) is 53.5 Å². The van der Waals surface area contributed by atoms with Gasteiger partial charge in [-0.3, -0.25) is 14.4 Å². The summed E-state index contributed by atoms with van der Waals surface area (Å²) in [4.78, 5) is 21.0. The summed E-state index contributed by atoms with van der Waals surface area (Å²) >= 11 is 0. The van der Waals surface area contributed by atoms with E-state index in [1.54, 1.807) is 32.3 Å². The van der Waals surface area contributed by atoms with Crippen LogP contribution in [0.15, 0.2) is 6.33 Å².